The summed E-state index contributed by atoms with van der Waals surface area (Å²) in [6.07, 6.45) is 2.24. The summed E-state index contributed by atoms with van der Waals surface area (Å²) < 4.78 is 71.0. The molecule has 3 rings (SSSR count). The Bertz CT molecular complexity index is 883. The van der Waals surface area contributed by atoms with E-state index in [1.807, 2.05) is 12.1 Å². The molecule has 2 bridgehead atoms. The van der Waals surface area contributed by atoms with Crippen molar-refractivity contribution in [2.75, 3.05) is 6.54 Å². The first-order valence-electron chi connectivity index (χ1n) is 8.91. The van der Waals surface area contributed by atoms with Crippen molar-refractivity contribution in [3.8, 4) is 0 Å². The van der Waals surface area contributed by atoms with E-state index in [1.54, 1.807) is 4.72 Å². The minimum atomic E-state index is -5.40. The van der Waals surface area contributed by atoms with E-state index in [4.69, 9.17) is 4.74 Å². The van der Waals surface area contributed by atoms with E-state index in [0.29, 0.717) is 17.9 Å². The van der Waals surface area contributed by atoms with Crippen LogP contribution in [-0.4, -0.2) is 31.2 Å². The average molecular weight is 771 g/mol. The van der Waals surface area contributed by atoms with Crippen molar-refractivity contribution in [2.24, 2.45) is 11.8 Å². The fourth-order valence-electron chi connectivity index (χ4n) is 4.42. The summed E-state index contributed by atoms with van der Waals surface area (Å²) in [5.74, 6) is 0.485. The summed E-state index contributed by atoms with van der Waals surface area (Å²) in [4.78, 5) is 0. The van der Waals surface area contributed by atoms with Gasteiger partial charge in [-0.3, -0.25) is 0 Å². The maximum atomic E-state index is 12.6. The molecule has 164 valence electrons. The van der Waals surface area contributed by atoms with Crippen LogP contribution in [0.1, 0.15) is 44.0 Å². The van der Waals surface area contributed by atoms with Crippen molar-refractivity contribution in [3.63, 3.8) is 0 Å². The van der Waals surface area contributed by atoms with Crippen molar-refractivity contribution >= 4 is 77.8 Å². The van der Waals surface area contributed by atoms with Gasteiger partial charge in [0.1, 0.15) is 0 Å². The topological polar surface area (TPSA) is 75.6 Å². The lowest BCUT2D eigenvalue weighted by atomic mass is 9.81. The zero-order chi connectivity index (χ0) is 21.6. The highest BCUT2D eigenvalue weighted by molar-refractivity contribution is 14.1. The Labute approximate surface area is 208 Å². The van der Waals surface area contributed by atoms with Crippen molar-refractivity contribution in [2.45, 2.75) is 49.5 Å². The number of halogens is 6. The quantitative estimate of drug-likeness (QED) is 0.236. The van der Waals surface area contributed by atoms with Gasteiger partial charge in [-0.2, -0.15) is 13.2 Å². The van der Waals surface area contributed by atoms with Crippen LogP contribution in [0.5, 0.6) is 0 Å². The van der Waals surface area contributed by atoms with Crippen LogP contribution in [-0.2, 0) is 14.8 Å². The van der Waals surface area contributed by atoms with Crippen molar-refractivity contribution < 1.29 is 31.4 Å². The summed E-state index contributed by atoms with van der Waals surface area (Å²) in [6.45, 7) is -0.390. The van der Waals surface area contributed by atoms with Gasteiger partial charge in [0.2, 0.25) is 0 Å². The minimum Gasteiger partial charge on any atom is -0.364 e. The number of nitrogens with one attached hydrogen (secondary N) is 1. The normalized spacial score (nSPS) is 28.1. The van der Waals surface area contributed by atoms with Gasteiger partial charge in [-0.15, -0.1) is 0 Å². The summed E-state index contributed by atoms with van der Waals surface area (Å²) in [6, 6.07) is 3.79. The van der Waals surface area contributed by atoms with E-state index in [2.05, 4.69) is 67.8 Å². The third kappa shape index (κ3) is 5.34. The molecule has 29 heavy (non-hydrogen) atoms. The molecule has 1 aromatic carbocycles. The summed E-state index contributed by atoms with van der Waals surface area (Å²) in [7, 11) is -5.40. The Hall–Kier alpha value is 1.03. The number of aliphatic hydroxyl groups is 1. The zero-order valence-corrected chi connectivity index (χ0v) is 22.3. The number of fused-ring (bicyclic) bond motifs is 2. The first-order valence-corrected chi connectivity index (χ1v) is 13.6. The molecular formula is C17H19F3I3NO4S. The third-order valence-corrected chi connectivity index (χ3v) is 10.6. The van der Waals surface area contributed by atoms with Gasteiger partial charge in [-0.25, -0.2) is 13.1 Å². The molecule has 2 saturated carbocycles. The van der Waals surface area contributed by atoms with Crippen LogP contribution in [0.25, 0.3) is 0 Å². The van der Waals surface area contributed by atoms with Gasteiger partial charge in [-0.05, 0) is 124 Å². The van der Waals surface area contributed by atoms with Crippen molar-refractivity contribution in [3.05, 3.63) is 28.4 Å². The molecule has 0 amide bonds. The maximum Gasteiger partial charge on any atom is 0.511 e. The van der Waals surface area contributed by atoms with Gasteiger partial charge < -0.3 is 9.84 Å². The van der Waals surface area contributed by atoms with E-state index in [-0.39, 0.29) is 12.3 Å². The highest BCUT2D eigenvalue weighted by Crippen LogP contribution is 2.55. The van der Waals surface area contributed by atoms with Crippen LogP contribution in [0, 0.1) is 22.5 Å². The Morgan fingerprint density at radius 2 is 1.97 bits per heavy atom. The van der Waals surface area contributed by atoms with E-state index >= 15 is 0 Å². The van der Waals surface area contributed by atoms with Crippen LogP contribution in [0.2, 0.25) is 0 Å². The number of rotatable bonds is 7. The molecular weight excluding hydrogens is 752 g/mol. The summed E-state index contributed by atoms with van der Waals surface area (Å²) in [5.41, 5.74) is -5.57. The number of benzene rings is 1. The highest BCUT2D eigenvalue weighted by Gasteiger charge is 2.53. The van der Waals surface area contributed by atoms with Gasteiger partial charge >= 0.3 is 15.5 Å². The number of hydrogen-bond donors (Lipinski definition) is 2. The molecule has 12 heteroatoms. The SMILES string of the molecule is O=S(=O)(NCCC1(OC(O)c2cc(I)cc(I)c2I)CC2CCC1C2)C(F)(F)F. The summed E-state index contributed by atoms with van der Waals surface area (Å²) >= 11 is 6.45. The van der Waals surface area contributed by atoms with Gasteiger partial charge in [0, 0.05) is 22.8 Å². The van der Waals surface area contributed by atoms with E-state index in [9.17, 15) is 26.7 Å². The summed E-state index contributed by atoms with van der Waals surface area (Å²) in [5, 5.41) is 10.8. The monoisotopic (exact) mass is 771 g/mol. The maximum absolute atomic E-state index is 12.6. The number of alkyl halides is 3. The molecule has 0 spiro atoms. The molecule has 5 nitrogen and oxygen atoms in total. The molecule has 2 aliphatic carbocycles. The lowest BCUT2D eigenvalue weighted by molar-refractivity contribution is -0.211. The van der Waals surface area contributed by atoms with E-state index < -0.39 is 34.0 Å². The lowest BCUT2D eigenvalue weighted by Crippen LogP contribution is -2.44. The average Bonchev–Trinajstić information content (AvgIpc) is 3.18. The molecule has 0 saturated heterocycles. The number of ether oxygens (including phenoxy) is 1. The van der Waals surface area contributed by atoms with Crippen LogP contribution in [0.15, 0.2) is 12.1 Å². The number of sulfonamides is 1. The molecule has 1 aromatic rings. The Kier molecular flexibility index (Phi) is 7.75. The van der Waals surface area contributed by atoms with Crippen LogP contribution < -0.4 is 4.72 Å². The van der Waals surface area contributed by atoms with Gasteiger partial charge in [0.15, 0.2) is 6.29 Å². The van der Waals surface area contributed by atoms with Gasteiger partial charge in [0.05, 0.1) is 5.60 Å². The van der Waals surface area contributed by atoms with Crippen molar-refractivity contribution in [1.82, 2.24) is 4.72 Å². The fourth-order valence-corrected chi connectivity index (χ4v) is 7.43. The second kappa shape index (κ2) is 9.11. The zero-order valence-electron chi connectivity index (χ0n) is 15.0. The standard InChI is InChI=1S/C17H19F3I3NO4S/c18-17(19,20)29(26,27)24-4-3-16(8-9-1-2-10(16)5-9)28-15(25)12-6-11(21)7-13(22)14(12)23/h6-7,9-10,15,24-25H,1-5,8H2. The predicted octanol–water partition coefficient (Wildman–Crippen LogP) is 4.90. The molecule has 0 aromatic heterocycles. The minimum absolute atomic E-state index is 0.0815. The molecule has 2 fully saturated rings. The predicted molar refractivity (Wildman–Crippen MR) is 126 cm³/mol. The molecule has 2 aliphatic rings. The Morgan fingerprint density at radius 3 is 2.52 bits per heavy atom. The Morgan fingerprint density at radius 1 is 1.28 bits per heavy atom. The van der Waals surface area contributed by atoms with Crippen molar-refractivity contribution in [1.29, 1.82) is 0 Å². The molecule has 4 unspecified atom stereocenters. The molecule has 0 radical (unpaired) electrons. The number of aliphatic hydroxyl groups excluding tert-OH is 1. The highest BCUT2D eigenvalue weighted by atomic mass is 127. The van der Waals surface area contributed by atoms with Gasteiger partial charge in [-0.1, -0.05) is 0 Å². The second-order valence-corrected chi connectivity index (χ2v) is 12.7. The number of hydrogen-bond acceptors (Lipinski definition) is 4. The Balaban J connectivity index is 1.78. The first kappa shape index (κ1) is 24.7. The smallest absolute Gasteiger partial charge is 0.364 e. The van der Waals surface area contributed by atoms with Crippen LogP contribution in [0.3, 0.4) is 0 Å². The fraction of sp³-hybridized carbons (Fsp3) is 0.647. The van der Waals surface area contributed by atoms with Crippen LogP contribution in [0.4, 0.5) is 13.2 Å². The largest absolute Gasteiger partial charge is 0.511 e. The molecule has 4 atom stereocenters. The van der Waals surface area contributed by atoms with Crippen LogP contribution >= 0.6 is 67.8 Å². The molecule has 0 aliphatic heterocycles. The van der Waals surface area contributed by atoms with Gasteiger partial charge in [0.25, 0.3) is 0 Å². The first-order chi connectivity index (χ1) is 13.3. The molecule has 2 N–H and O–H groups in total. The van der Waals surface area contributed by atoms with E-state index in [0.717, 1.165) is 30.0 Å². The molecule has 0 heterocycles. The van der Waals surface area contributed by atoms with E-state index in [1.165, 1.54) is 0 Å². The second-order valence-electron chi connectivity index (χ2n) is 7.50. The lowest BCUT2D eigenvalue weighted by Gasteiger charge is -2.39. The third-order valence-electron chi connectivity index (χ3n) is 5.70.